The lowest BCUT2D eigenvalue weighted by molar-refractivity contribution is 0.0471. The zero-order chi connectivity index (χ0) is 21.9. The summed E-state index contributed by atoms with van der Waals surface area (Å²) >= 11 is 0. The normalized spacial score (nSPS) is 13.0. The highest BCUT2D eigenvalue weighted by molar-refractivity contribution is 7.92. The van der Waals surface area contributed by atoms with Crippen LogP contribution in [0.15, 0.2) is 36.4 Å². The van der Waals surface area contributed by atoms with Crippen LogP contribution in [-0.2, 0) is 21.2 Å². The summed E-state index contributed by atoms with van der Waals surface area (Å²) < 4.78 is 41.1. The lowest BCUT2D eigenvalue weighted by Crippen LogP contribution is -2.30. The molecule has 2 aromatic rings. The Hall–Kier alpha value is -3.07. The summed E-state index contributed by atoms with van der Waals surface area (Å²) in [7, 11) is -0.431. The van der Waals surface area contributed by atoms with Gasteiger partial charge in [0, 0.05) is 18.2 Å². The molecule has 2 aromatic carbocycles. The van der Waals surface area contributed by atoms with E-state index in [1.807, 2.05) is 0 Å². The van der Waals surface area contributed by atoms with Crippen molar-refractivity contribution >= 4 is 27.5 Å². The smallest absolute Gasteiger partial charge is 0.342 e. The summed E-state index contributed by atoms with van der Waals surface area (Å²) in [6.07, 6.45) is 0.526. The van der Waals surface area contributed by atoms with Crippen LogP contribution in [0, 0.1) is 0 Å². The summed E-state index contributed by atoms with van der Waals surface area (Å²) in [6, 6.07) is 9.48. The highest BCUT2D eigenvalue weighted by Crippen LogP contribution is 2.31. The van der Waals surface area contributed by atoms with Crippen molar-refractivity contribution in [1.82, 2.24) is 0 Å². The van der Waals surface area contributed by atoms with Crippen molar-refractivity contribution in [2.24, 2.45) is 0 Å². The first-order valence-electron chi connectivity index (χ1n) is 9.36. The van der Waals surface area contributed by atoms with Crippen LogP contribution in [0.4, 0.5) is 5.69 Å². The summed E-state index contributed by atoms with van der Waals surface area (Å²) in [4.78, 5) is 24.9. The largest absolute Gasteiger partial charge is 0.497 e. The Kier molecular flexibility index (Phi) is 6.31. The van der Waals surface area contributed by atoms with Crippen molar-refractivity contribution in [3.63, 3.8) is 0 Å². The number of methoxy groups -OCH3 is 2. The molecule has 0 saturated heterocycles. The number of fused-ring (bicyclic) bond motifs is 1. The molecule has 0 atom stereocenters. The lowest BCUT2D eigenvalue weighted by Gasteiger charge is -2.18. The highest BCUT2D eigenvalue weighted by Gasteiger charge is 2.28. The van der Waals surface area contributed by atoms with E-state index in [4.69, 9.17) is 14.2 Å². The van der Waals surface area contributed by atoms with Crippen LogP contribution in [-0.4, -0.2) is 53.3 Å². The van der Waals surface area contributed by atoms with Crippen molar-refractivity contribution in [2.45, 2.75) is 13.3 Å². The van der Waals surface area contributed by atoms with Gasteiger partial charge in [-0.05, 0) is 49.2 Å². The number of ether oxygens (including phenoxy) is 3. The summed E-state index contributed by atoms with van der Waals surface area (Å²) in [5, 5.41) is 0. The first kappa shape index (κ1) is 21.6. The number of esters is 1. The fraction of sp³-hybridized carbons (Fsp3) is 0.333. The average molecular weight is 433 g/mol. The van der Waals surface area contributed by atoms with Gasteiger partial charge in [-0.2, -0.15) is 0 Å². The van der Waals surface area contributed by atoms with Gasteiger partial charge in [0.25, 0.3) is 0 Å². The van der Waals surface area contributed by atoms with Crippen molar-refractivity contribution in [2.75, 3.05) is 37.4 Å². The number of benzene rings is 2. The highest BCUT2D eigenvalue weighted by atomic mass is 32.2. The van der Waals surface area contributed by atoms with E-state index >= 15 is 0 Å². The maximum atomic E-state index is 12.5. The van der Waals surface area contributed by atoms with E-state index in [0.29, 0.717) is 30.0 Å². The maximum absolute atomic E-state index is 12.5. The molecule has 0 amide bonds. The minimum atomic E-state index is -3.35. The third kappa shape index (κ3) is 4.25. The first-order chi connectivity index (χ1) is 14.3. The van der Waals surface area contributed by atoms with Gasteiger partial charge in [-0.25, -0.2) is 13.2 Å². The number of hydrogen-bond donors (Lipinski definition) is 0. The SMILES string of the molecule is CCS(=O)(=O)N1CCc2cc(C(=O)COC(=O)c3ccc(OC)cc3OC)ccc21. The molecule has 0 N–H and O–H groups in total. The third-order valence-electron chi connectivity index (χ3n) is 4.92. The van der Waals surface area contributed by atoms with Crippen molar-refractivity contribution in [3.8, 4) is 11.5 Å². The Bertz CT molecular complexity index is 1080. The maximum Gasteiger partial charge on any atom is 0.342 e. The minimum absolute atomic E-state index is 0.0118. The number of sulfonamides is 1. The summed E-state index contributed by atoms with van der Waals surface area (Å²) in [5.74, 6) is -0.254. The Morgan fingerprint density at radius 2 is 1.83 bits per heavy atom. The summed E-state index contributed by atoms with van der Waals surface area (Å²) in [6.45, 7) is 1.51. The fourth-order valence-electron chi connectivity index (χ4n) is 3.25. The number of ketones is 1. The Morgan fingerprint density at radius 3 is 2.50 bits per heavy atom. The molecule has 1 aliphatic heterocycles. The number of nitrogens with zero attached hydrogens (tertiary/aromatic N) is 1. The van der Waals surface area contributed by atoms with Gasteiger partial charge in [0.05, 0.1) is 25.7 Å². The molecule has 1 heterocycles. The van der Waals surface area contributed by atoms with E-state index in [1.165, 1.54) is 24.6 Å². The number of hydrogen-bond acceptors (Lipinski definition) is 7. The molecule has 3 rings (SSSR count). The number of Topliss-reactive ketones (excluding diaryl/α,β-unsaturated/α-hetero) is 1. The quantitative estimate of drug-likeness (QED) is 0.466. The lowest BCUT2D eigenvalue weighted by atomic mass is 10.1. The second-order valence-corrected chi connectivity index (χ2v) is 8.81. The standard InChI is InChI=1S/C21H23NO7S/c1-4-30(25,26)22-10-9-14-11-15(5-8-18(14)22)19(23)13-29-21(24)17-7-6-16(27-2)12-20(17)28-3/h5-8,11-12H,4,9-10,13H2,1-3H3. The van der Waals surface area contributed by atoms with Gasteiger partial charge in [-0.1, -0.05) is 0 Å². The van der Waals surface area contributed by atoms with Crippen LogP contribution in [0.5, 0.6) is 11.5 Å². The molecule has 0 spiro atoms. The zero-order valence-corrected chi connectivity index (χ0v) is 17.8. The molecule has 8 nitrogen and oxygen atoms in total. The monoisotopic (exact) mass is 433 g/mol. The van der Waals surface area contributed by atoms with E-state index in [2.05, 4.69) is 0 Å². The van der Waals surface area contributed by atoms with Gasteiger partial charge in [-0.15, -0.1) is 0 Å². The molecule has 0 saturated carbocycles. The number of anilines is 1. The summed E-state index contributed by atoms with van der Waals surface area (Å²) in [5.41, 5.74) is 1.91. The van der Waals surface area contributed by atoms with Crippen LogP contribution in [0.1, 0.15) is 33.2 Å². The van der Waals surface area contributed by atoms with Crippen molar-refractivity contribution in [1.29, 1.82) is 0 Å². The minimum Gasteiger partial charge on any atom is -0.497 e. The van der Waals surface area contributed by atoms with Crippen LogP contribution in [0.3, 0.4) is 0 Å². The molecule has 0 aromatic heterocycles. The predicted octanol–water partition coefficient (Wildman–Crippen LogP) is 2.46. The predicted molar refractivity (Wildman–Crippen MR) is 111 cm³/mol. The van der Waals surface area contributed by atoms with Crippen LogP contribution in [0.25, 0.3) is 0 Å². The van der Waals surface area contributed by atoms with Gasteiger partial charge in [0.2, 0.25) is 10.0 Å². The molecule has 1 aliphatic rings. The Morgan fingerprint density at radius 1 is 1.07 bits per heavy atom. The third-order valence-corrected chi connectivity index (χ3v) is 6.70. The molecule has 9 heteroatoms. The molecule has 0 unspecified atom stereocenters. The second-order valence-electron chi connectivity index (χ2n) is 6.63. The molecule has 0 aliphatic carbocycles. The average Bonchev–Trinajstić information content (AvgIpc) is 3.20. The number of carbonyl (C=O) groups excluding carboxylic acids is 2. The van der Waals surface area contributed by atoms with Gasteiger partial charge in [0.1, 0.15) is 17.1 Å². The fourth-order valence-corrected chi connectivity index (χ4v) is 4.41. The number of rotatable bonds is 8. The zero-order valence-electron chi connectivity index (χ0n) is 17.0. The van der Waals surface area contributed by atoms with Gasteiger partial charge < -0.3 is 14.2 Å². The first-order valence-corrected chi connectivity index (χ1v) is 11.0. The molecular formula is C21H23NO7S. The topological polar surface area (TPSA) is 99.2 Å². The van der Waals surface area contributed by atoms with E-state index in [-0.39, 0.29) is 22.8 Å². The van der Waals surface area contributed by atoms with E-state index in [0.717, 1.165) is 5.56 Å². The molecule has 160 valence electrons. The van der Waals surface area contributed by atoms with Crippen molar-refractivity contribution < 1.29 is 32.2 Å². The van der Waals surface area contributed by atoms with Crippen LogP contribution < -0.4 is 13.8 Å². The molecule has 0 bridgehead atoms. The molecule has 0 fully saturated rings. The van der Waals surface area contributed by atoms with E-state index in [1.54, 1.807) is 37.3 Å². The van der Waals surface area contributed by atoms with Crippen LogP contribution >= 0.6 is 0 Å². The second kappa shape index (κ2) is 8.74. The Labute approximate surface area is 175 Å². The van der Waals surface area contributed by atoms with Crippen LogP contribution in [0.2, 0.25) is 0 Å². The van der Waals surface area contributed by atoms with Gasteiger partial charge in [0.15, 0.2) is 12.4 Å². The Balaban J connectivity index is 1.70. The molecular weight excluding hydrogens is 410 g/mol. The van der Waals surface area contributed by atoms with Crippen molar-refractivity contribution in [3.05, 3.63) is 53.1 Å². The van der Waals surface area contributed by atoms with E-state index in [9.17, 15) is 18.0 Å². The molecule has 0 radical (unpaired) electrons. The van der Waals surface area contributed by atoms with Gasteiger partial charge >= 0.3 is 5.97 Å². The number of carbonyl (C=O) groups is 2. The molecule has 30 heavy (non-hydrogen) atoms. The van der Waals surface area contributed by atoms with Gasteiger partial charge in [-0.3, -0.25) is 9.10 Å². The van der Waals surface area contributed by atoms with E-state index < -0.39 is 22.6 Å².